The highest BCUT2D eigenvalue weighted by Gasteiger charge is 2.21. The zero-order valence-electron chi connectivity index (χ0n) is 15.5. The van der Waals surface area contributed by atoms with E-state index in [1.165, 1.54) is 16.8 Å². The summed E-state index contributed by atoms with van der Waals surface area (Å²) in [6, 6.07) is 24.5. The van der Waals surface area contributed by atoms with E-state index in [1.54, 1.807) is 42.5 Å². The third-order valence-corrected chi connectivity index (χ3v) is 5.81. The summed E-state index contributed by atoms with van der Waals surface area (Å²) in [7, 11) is -4.02. The van der Waals surface area contributed by atoms with Crippen molar-refractivity contribution >= 4 is 21.7 Å². The van der Waals surface area contributed by atoms with E-state index in [1.807, 2.05) is 37.3 Å². The first kappa shape index (κ1) is 19.2. The monoisotopic (exact) mass is 424 g/mol. The van der Waals surface area contributed by atoms with Crippen LogP contribution < -0.4 is 4.18 Å². The van der Waals surface area contributed by atoms with Crippen LogP contribution in [-0.4, -0.2) is 18.2 Å². The summed E-state index contributed by atoms with van der Waals surface area (Å²) in [5.41, 5.74) is 3.03. The van der Waals surface area contributed by atoms with Gasteiger partial charge in [0, 0.05) is 16.7 Å². The van der Waals surface area contributed by atoms with Crippen molar-refractivity contribution in [2.75, 3.05) is 0 Å². The van der Waals surface area contributed by atoms with Crippen LogP contribution in [0.4, 0.5) is 0 Å². The van der Waals surface area contributed by atoms with E-state index in [9.17, 15) is 8.42 Å². The molecule has 4 aromatic rings. The molecule has 0 bridgehead atoms. The van der Waals surface area contributed by atoms with Crippen LogP contribution in [0.3, 0.4) is 0 Å². The predicted octanol–water partition coefficient (Wildman–Crippen LogP) is 5.27. The maximum Gasteiger partial charge on any atom is 0.340 e. The molecule has 0 N–H and O–H groups in total. The number of halogens is 1. The Hall–Kier alpha value is -3.09. The van der Waals surface area contributed by atoms with Gasteiger partial charge >= 0.3 is 10.1 Å². The molecule has 0 aliphatic carbocycles. The van der Waals surface area contributed by atoms with Crippen molar-refractivity contribution in [3.8, 4) is 22.8 Å². The van der Waals surface area contributed by atoms with Crippen LogP contribution in [0, 0.1) is 6.92 Å². The molecule has 0 aliphatic heterocycles. The second-order valence-electron chi connectivity index (χ2n) is 6.47. The molecule has 0 unspecified atom stereocenters. The first-order valence-corrected chi connectivity index (χ1v) is 10.6. The fourth-order valence-corrected chi connectivity index (χ4v) is 3.84. The van der Waals surface area contributed by atoms with E-state index in [0.717, 1.165) is 11.1 Å². The summed E-state index contributed by atoms with van der Waals surface area (Å²) in [4.78, 5) is 0.0771. The van der Waals surface area contributed by atoms with Crippen LogP contribution >= 0.6 is 11.6 Å². The Balaban J connectivity index is 1.79. The molecule has 0 saturated heterocycles. The molecule has 146 valence electrons. The Morgan fingerprint density at radius 1 is 0.897 bits per heavy atom. The van der Waals surface area contributed by atoms with Crippen LogP contribution in [0.1, 0.15) is 5.56 Å². The lowest BCUT2D eigenvalue weighted by atomic mass is 10.2. The summed E-state index contributed by atoms with van der Waals surface area (Å²) in [5, 5.41) is 5.12. The number of hydrogen-bond acceptors (Lipinski definition) is 4. The van der Waals surface area contributed by atoms with Crippen LogP contribution in [-0.2, 0) is 10.1 Å². The minimum Gasteiger partial charge on any atom is -0.358 e. The first-order valence-electron chi connectivity index (χ1n) is 8.85. The highest BCUT2D eigenvalue weighted by atomic mass is 35.5. The van der Waals surface area contributed by atoms with Gasteiger partial charge in [-0.2, -0.15) is 18.2 Å². The fraction of sp³-hybridized carbons (Fsp3) is 0.0455. The lowest BCUT2D eigenvalue weighted by Crippen LogP contribution is -2.12. The Labute approximate surface area is 174 Å². The molecule has 0 amide bonds. The molecular formula is C22H17ClN2O3S. The number of aryl methyl sites for hydroxylation is 1. The second-order valence-corrected chi connectivity index (χ2v) is 8.46. The van der Waals surface area contributed by atoms with Crippen molar-refractivity contribution in [2.45, 2.75) is 11.8 Å². The smallest absolute Gasteiger partial charge is 0.340 e. The van der Waals surface area contributed by atoms with E-state index in [0.29, 0.717) is 16.4 Å². The van der Waals surface area contributed by atoms with Gasteiger partial charge in [0.25, 0.3) is 0 Å². The quantitative estimate of drug-likeness (QED) is 0.409. The number of aromatic nitrogens is 2. The minimum atomic E-state index is -4.02. The van der Waals surface area contributed by atoms with E-state index in [2.05, 4.69) is 5.10 Å². The Bertz CT molecular complexity index is 1230. The van der Waals surface area contributed by atoms with Gasteiger partial charge in [0.05, 0.1) is 11.4 Å². The van der Waals surface area contributed by atoms with Crippen molar-refractivity contribution in [1.82, 2.24) is 9.78 Å². The van der Waals surface area contributed by atoms with Gasteiger partial charge in [-0.25, -0.2) is 0 Å². The molecule has 0 radical (unpaired) electrons. The zero-order valence-corrected chi connectivity index (χ0v) is 17.1. The molecule has 5 nitrogen and oxygen atoms in total. The standard InChI is InChI=1S/C22H17ClN2O3S/c1-16-7-13-20(14-8-16)29(26,27)28-22-15-21(17-5-3-2-4-6-17)24-25(22)19-11-9-18(23)10-12-19/h2-15H,1H3. The Morgan fingerprint density at radius 3 is 2.21 bits per heavy atom. The number of nitrogens with zero attached hydrogens (tertiary/aromatic N) is 2. The van der Waals surface area contributed by atoms with E-state index < -0.39 is 10.1 Å². The Kier molecular flexibility index (Phi) is 5.13. The summed E-state index contributed by atoms with van der Waals surface area (Å²) < 4.78 is 32.6. The van der Waals surface area contributed by atoms with Gasteiger partial charge in [-0.15, -0.1) is 0 Å². The summed E-state index contributed by atoms with van der Waals surface area (Å²) in [6.07, 6.45) is 0. The summed E-state index contributed by atoms with van der Waals surface area (Å²) in [5.74, 6) is 0.0896. The second kappa shape index (κ2) is 7.73. The predicted molar refractivity (Wildman–Crippen MR) is 113 cm³/mol. The number of benzene rings is 3. The van der Waals surface area contributed by atoms with Gasteiger partial charge < -0.3 is 4.18 Å². The van der Waals surface area contributed by atoms with Crippen LogP contribution in [0.15, 0.2) is 89.8 Å². The average Bonchev–Trinajstić information content (AvgIpc) is 3.12. The van der Waals surface area contributed by atoms with Crippen molar-refractivity contribution in [1.29, 1.82) is 0 Å². The molecule has 0 spiro atoms. The number of hydrogen-bond donors (Lipinski definition) is 0. The minimum absolute atomic E-state index is 0.0771. The van der Waals surface area contributed by atoms with Gasteiger partial charge in [0.2, 0.25) is 5.88 Å². The zero-order chi connectivity index (χ0) is 20.4. The molecule has 1 heterocycles. The normalized spacial score (nSPS) is 11.4. The van der Waals surface area contributed by atoms with Gasteiger partial charge in [0.1, 0.15) is 4.90 Å². The van der Waals surface area contributed by atoms with Crippen molar-refractivity contribution < 1.29 is 12.6 Å². The highest BCUT2D eigenvalue weighted by molar-refractivity contribution is 7.87. The molecule has 7 heteroatoms. The summed E-state index contributed by atoms with van der Waals surface area (Å²) >= 11 is 5.98. The number of rotatable bonds is 5. The lowest BCUT2D eigenvalue weighted by Gasteiger charge is -2.09. The molecule has 0 fully saturated rings. The highest BCUT2D eigenvalue weighted by Crippen LogP contribution is 2.29. The maximum absolute atomic E-state index is 12.8. The van der Waals surface area contributed by atoms with Crippen molar-refractivity contribution in [3.63, 3.8) is 0 Å². The first-order chi connectivity index (χ1) is 13.9. The van der Waals surface area contributed by atoms with Crippen LogP contribution in [0.25, 0.3) is 16.9 Å². The third-order valence-electron chi connectivity index (χ3n) is 4.32. The molecule has 29 heavy (non-hydrogen) atoms. The van der Waals surface area contributed by atoms with Gasteiger partial charge in [-0.3, -0.25) is 0 Å². The van der Waals surface area contributed by atoms with Gasteiger partial charge in [-0.1, -0.05) is 59.6 Å². The van der Waals surface area contributed by atoms with Crippen LogP contribution in [0.2, 0.25) is 5.02 Å². The largest absolute Gasteiger partial charge is 0.358 e. The molecular weight excluding hydrogens is 408 g/mol. The Morgan fingerprint density at radius 2 is 1.55 bits per heavy atom. The van der Waals surface area contributed by atoms with Crippen LogP contribution in [0.5, 0.6) is 5.88 Å². The van der Waals surface area contributed by atoms with E-state index in [4.69, 9.17) is 15.8 Å². The molecule has 3 aromatic carbocycles. The summed E-state index contributed by atoms with van der Waals surface area (Å²) in [6.45, 7) is 1.89. The molecule has 0 saturated carbocycles. The lowest BCUT2D eigenvalue weighted by molar-refractivity contribution is 0.465. The molecule has 0 atom stereocenters. The molecule has 4 rings (SSSR count). The molecule has 0 aliphatic rings. The average molecular weight is 425 g/mol. The van der Waals surface area contributed by atoms with E-state index >= 15 is 0 Å². The van der Waals surface area contributed by atoms with Gasteiger partial charge in [0.15, 0.2) is 0 Å². The van der Waals surface area contributed by atoms with Crippen molar-refractivity contribution in [3.05, 3.63) is 95.5 Å². The van der Waals surface area contributed by atoms with Crippen molar-refractivity contribution in [2.24, 2.45) is 0 Å². The molecule has 1 aromatic heterocycles. The third kappa shape index (κ3) is 4.18. The maximum atomic E-state index is 12.8. The SMILES string of the molecule is Cc1ccc(S(=O)(=O)Oc2cc(-c3ccccc3)nn2-c2ccc(Cl)cc2)cc1. The van der Waals surface area contributed by atoms with Gasteiger partial charge in [-0.05, 0) is 43.3 Å². The van der Waals surface area contributed by atoms with E-state index in [-0.39, 0.29) is 10.8 Å². The topological polar surface area (TPSA) is 61.2 Å². The fourth-order valence-electron chi connectivity index (χ4n) is 2.81.